The number of nitrogens with zero attached hydrogens (tertiary/aromatic N) is 1. The van der Waals surface area contributed by atoms with Crippen LogP contribution in [0.25, 0.3) is 0 Å². The van der Waals surface area contributed by atoms with E-state index in [9.17, 15) is 4.79 Å². The molecule has 1 rings (SSSR count). The minimum absolute atomic E-state index is 0. The number of hydrogen-bond donors (Lipinski definition) is 2. The summed E-state index contributed by atoms with van der Waals surface area (Å²) in [4.78, 5) is 12.2. The topological polar surface area (TPSA) is 64.9 Å². The quantitative estimate of drug-likeness (QED) is 0.856. The first-order chi connectivity index (χ1) is 7.17. The van der Waals surface area contributed by atoms with E-state index < -0.39 is 0 Å². The van der Waals surface area contributed by atoms with E-state index in [0.717, 1.165) is 4.88 Å². The molecule has 0 fully saturated rings. The number of carbonyl (C=O) groups is 1. The van der Waals surface area contributed by atoms with Crippen molar-refractivity contribution in [2.75, 3.05) is 7.05 Å². The second-order valence-corrected chi connectivity index (χ2v) is 4.13. The van der Waals surface area contributed by atoms with Crippen molar-refractivity contribution in [1.29, 1.82) is 5.26 Å². The molecule has 4 nitrogen and oxygen atoms in total. The summed E-state index contributed by atoms with van der Waals surface area (Å²) < 4.78 is 0. The summed E-state index contributed by atoms with van der Waals surface area (Å²) in [5.74, 6) is -0.0351. The first-order valence-corrected chi connectivity index (χ1v) is 5.48. The Morgan fingerprint density at radius 3 is 2.88 bits per heavy atom. The third-order valence-electron chi connectivity index (χ3n) is 2.01. The van der Waals surface area contributed by atoms with Crippen molar-refractivity contribution in [1.82, 2.24) is 10.6 Å². The van der Waals surface area contributed by atoms with Crippen LogP contribution >= 0.6 is 23.7 Å². The molecular formula is C10H14ClN3OS. The Morgan fingerprint density at radius 1 is 1.69 bits per heavy atom. The minimum Gasteiger partial charge on any atom is -0.358 e. The molecule has 0 saturated carbocycles. The molecule has 0 aliphatic carbocycles. The van der Waals surface area contributed by atoms with Crippen molar-refractivity contribution < 1.29 is 4.79 Å². The van der Waals surface area contributed by atoms with Gasteiger partial charge in [0.2, 0.25) is 5.91 Å². The largest absolute Gasteiger partial charge is 0.358 e. The van der Waals surface area contributed by atoms with Crippen LogP contribution in [-0.4, -0.2) is 19.0 Å². The first kappa shape index (κ1) is 14.9. The SMILES string of the molecule is CNC(=O)[C@@H](C)NCc1cc(C#N)cs1.Cl. The van der Waals surface area contributed by atoms with Gasteiger partial charge in [-0.2, -0.15) is 5.26 Å². The highest BCUT2D eigenvalue weighted by Gasteiger charge is 2.09. The summed E-state index contributed by atoms with van der Waals surface area (Å²) in [6.45, 7) is 2.42. The number of carbonyl (C=O) groups excluding carboxylic acids is 1. The summed E-state index contributed by atoms with van der Waals surface area (Å²) in [5.41, 5.74) is 0.671. The van der Waals surface area contributed by atoms with E-state index in [2.05, 4.69) is 16.7 Å². The molecule has 0 aliphatic rings. The van der Waals surface area contributed by atoms with Crippen molar-refractivity contribution in [2.45, 2.75) is 19.5 Å². The van der Waals surface area contributed by atoms with E-state index in [1.807, 2.05) is 11.4 Å². The Balaban J connectivity index is 0.00000225. The van der Waals surface area contributed by atoms with E-state index in [4.69, 9.17) is 5.26 Å². The molecule has 0 aliphatic heterocycles. The number of rotatable bonds is 4. The fourth-order valence-corrected chi connectivity index (χ4v) is 1.86. The fourth-order valence-electron chi connectivity index (χ4n) is 1.09. The summed E-state index contributed by atoms with van der Waals surface area (Å²) in [5, 5.41) is 16.1. The summed E-state index contributed by atoms with van der Waals surface area (Å²) in [6, 6.07) is 3.68. The molecule has 0 unspecified atom stereocenters. The van der Waals surface area contributed by atoms with Crippen LogP contribution < -0.4 is 10.6 Å². The van der Waals surface area contributed by atoms with E-state index in [1.54, 1.807) is 14.0 Å². The Bertz CT molecular complexity index is 386. The third-order valence-corrected chi connectivity index (χ3v) is 2.94. The van der Waals surface area contributed by atoms with Crippen molar-refractivity contribution in [2.24, 2.45) is 0 Å². The van der Waals surface area contributed by atoms with Gasteiger partial charge in [0.05, 0.1) is 11.6 Å². The molecule has 0 bridgehead atoms. The van der Waals surface area contributed by atoms with Gasteiger partial charge in [0.15, 0.2) is 0 Å². The van der Waals surface area contributed by atoms with Crippen molar-refractivity contribution in [3.05, 3.63) is 21.9 Å². The van der Waals surface area contributed by atoms with Crippen molar-refractivity contribution in [3.63, 3.8) is 0 Å². The van der Waals surface area contributed by atoms with Crippen molar-refractivity contribution >= 4 is 29.7 Å². The monoisotopic (exact) mass is 259 g/mol. The Hall–Kier alpha value is -1.09. The molecule has 16 heavy (non-hydrogen) atoms. The molecule has 0 saturated heterocycles. The Morgan fingerprint density at radius 2 is 2.38 bits per heavy atom. The summed E-state index contributed by atoms with van der Waals surface area (Å²) in [7, 11) is 1.61. The zero-order chi connectivity index (χ0) is 11.3. The normalized spacial score (nSPS) is 11.1. The number of nitriles is 1. The van der Waals surface area contributed by atoms with E-state index in [-0.39, 0.29) is 24.4 Å². The van der Waals surface area contributed by atoms with Gasteiger partial charge in [0.25, 0.3) is 0 Å². The van der Waals surface area contributed by atoms with Crippen LogP contribution in [-0.2, 0) is 11.3 Å². The molecule has 6 heteroatoms. The third kappa shape index (κ3) is 4.19. The smallest absolute Gasteiger partial charge is 0.236 e. The van der Waals surface area contributed by atoms with Crippen LogP contribution in [0.1, 0.15) is 17.4 Å². The van der Waals surface area contributed by atoms with Crippen molar-refractivity contribution in [3.8, 4) is 6.07 Å². The standard InChI is InChI=1S/C10H13N3OS.ClH/c1-7(10(14)12-2)13-5-9-3-8(4-11)6-15-9;/h3,6-7,13H,5H2,1-2H3,(H,12,14);1H/t7-;/m1./s1. The van der Waals surface area contributed by atoms with Crippen LogP contribution in [0.3, 0.4) is 0 Å². The maximum Gasteiger partial charge on any atom is 0.236 e. The molecule has 0 radical (unpaired) electrons. The van der Waals surface area contributed by atoms with Gasteiger partial charge in [0.1, 0.15) is 6.07 Å². The van der Waals surface area contributed by atoms with Gasteiger partial charge < -0.3 is 10.6 Å². The van der Waals surface area contributed by atoms with Crippen LogP contribution in [0.2, 0.25) is 0 Å². The molecule has 1 aromatic heterocycles. The van der Waals surface area contributed by atoms with E-state index in [1.165, 1.54) is 11.3 Å². The molecule has 2 N–H and O–H groups in total. The number of nitrogens with one attached hydrogen (secondary N) is 2. The molecular weight excluding hydrogens is 246 g/mol. The zero-order valence-corrected chi connectivity index (χ0v) is 10.7. The van der Waals surface area contributed by atoms with Gasteiger partial charge in [-0.15, -0.1) is 23.7 Å². The summed E-state index contributed by atoms with van der Waals surface area (Å²) >= 11 is 1.52. The highest BCUT2D eigenvalue weighted by molar-refractivity contribution is 7.10. The van der Waals surface area contributed by atoms with E-state index >= 15 is 0 Å². The average Bonchev–Trinajstić information content (AvgIpc) is 2.72. The molecule has 1 amide bonds. The molecule has 1 heterocycles. The molecule has 88 valence electrons. The Kier molecular flexibility index (Phi) is 6.74. The second kappa shape index (κ2) is 7.23. The lowest BCUT2D eigenvalue weighted by Crippen LogP contribution is -2.40. The predicted octanol–water partition coefficient (Wildman–Crippen LogP) is 1.27. The van der Waals surface area contributed by atoms with Gasteiger partial charge in [-0.3, -0.25) is 4.79 Å². The Labute approximate surface area is 105 Å². The highest BCUT2D eigenvalue weighted by atomic mass is 35.5. The van der Waals surface area contributed by atoms with Crippen LogP contribution in [0.15, 0.2) is 11.4 Å². The lowest BCUT2D eigenvalue weighted by molar-refractivity contribution is -0.122. The lowest BCUT2D eigenvalue weighted by Gasteiger charge is -2.10. The summed E-state index contributed by atoms with van der Waals surface area (Å²) in [6.07, 6.45) is 0. The predicted molar refractivity (Wildman–Crippen MR) is 66.7 cm³/mol. The number of thiophene rings is 1. The molecule has 0 spiro atoms. The zero-order valence-electron chi connectivity index (χ0n) is 9.11. The van der Waals surface area contributed by atoms with Gasteiger partial charge in [-0.1, -0.05) is 0 Å². The van der Waals surface area contributed by atoms with Crippen LogP contribution in [0.5, 0.6) is 0 Å². The van der Waals surface area contributed by atoms with Crippen LogP contribution in [0, 0.1) is 11.3 Å². The number of likely N-dealkylation sites (N-methyl/N-ethyl adjacent to an activating group) is 1. The molecule has 1 atom stereocenters. The van der Waals surface area contributed by atoms with Gasteiger partial charge in [-0.05, 0) is 13.0 Å². The number of halogens is 1. The number of amides is 1. The maximum atomic E-state index is 11.2. The molecule has 1 aromatic rings. The average molecular weight is 260 g/mol. The van der Waals surface area contributed by atoms with E-state index in [0.29, 0.717) is 12.1 Å². The van der Waals surface area contributed by atoms with Gasteiger partial charge in [-0.25, -0.2) is 0 Å². The van der Waals surface area contributed by atoms with Crippen LogP contribution in [0.4, 0.5) is 0 Å². The second-order valence-electron chi connectivity index (χ2n) is 3.13. The first-order valence-electron chi connectivity index (χ1n) is 4.60. The van der Waals surface area contributed by atoms with Gasteiger partial charge in [0, 0.05) is 23.8 Å². The highest BCUT2D eigenvalue weighted by Crippen LogP contribution is 2.13. The molecule has 0 aromatic carbocycles. The fraction of sp³-hybridized carbons (Fsp3) is 0.400. The number of hydrogen-bond acceptors (Lipinski definition) is 4. The lowest BCUT2D eigenvalue weighted by atomic mass is 10.3. The van der Waals surface area contributed by atoms with Gasteiger partial charge >= 0.3 is 0 Å². The maximum absolute atomic E-state index is 11.2. The minimum atomic E-state index is -0.220.